The summed E-state index contributed by atoms with van der Waals surface area (Å²) in [6, 6.07) is 8.64. The molecule has 0 saturated heterocycles. The van der Waals surface area contributed by atoms with Crippen molar-refractivity contribution in [2.75, 3.05) is 13.7 Å². The molecule has 0 fully saturated rings. The molecule has 0 saturated carbocycles. The van der Waals surface area contributed by atoms with Gasteiger partial charge in [-0.3, -0.25) is 4.79 Å². The molecule has 0 bridgehead atoms. The van der Waals surface area contributed by atoms with Gasteiger partial charge in [-0.15, -0.1) is 0 Å². The average molecular weight is 438 g/mol. The van der Waals surface area contributed by atoms with E-state index in [1.54, 1.807) is 43.5 Å². The largest absolute Gasteiger partial charge is 0.493 e. The molecule has 2 aromatic rings. The van der Waals surface area contributed by atoms with Crippen molar-refractivity contribution < 1.29 is 14.3 Å². The lowest BCUT2D eigenvalue weighted by molar-refractivity contribution is 0.0955. The molecule has 2 aromatic carbocycles. The Morgan fingerprint density at radius 3 is 2.81 bits per heavy atom. The van der Waals surface area contributed by atoms with Crippen LogP contribution in [0.5, 0.6) is 11.5 Å². The van der Waals surface area contributed by atoms with E-state index in [-0.39, 0.29) is 5.91 Å². The van der Waals surface area contributed by atoms with Crippen LogP contribution in [-0.2, 0) is 0 Å². The number of carbonyl (C=O) groups is 1. The molecule has 0 aliphatic rings. The second kappa shape index (κ2) is 9.40. The fourth-order valence-electron chi connectivity index (χ4n) is 2.06. The third-order valence-corrected chi connectivity index (χ3v) is 4.41. The van der Waals surface area contributed by atoms with Crippen molar-refractivity contribution in [3.8, 4) is 11.5 Å². The van der Waals surface area contributed by atoms with E-state index in [9.17, 15) is 4.79 Å². The highest BCUT2D eigenvalue weighted by atomic mass is 79.9. The number of hydrazone groups is 1. The first-order valence-corrected chi connectivity index (χ1v) is 8.84. The fourth-order valence-corrected chi connectivity index (χ4v) is 2.82. The second-order valence-corrected chi connectivity index (χ2v) is 6.56. The molecule has 0 radical (unpaired) electrons. The number of amides is 1. The van der Waals surface area contributed by atoms with Crippen LogP contribution < -0.4 is 14.9 Å². The maximum Gasteiger partial charge on any atom is 0.271 e. The predicted octanol–water partition coefficient (Wildman–Crippen LogP) is 4.75. The molecule has 1 amide bonds. The number of aryl methyl sites for hydroxylation is 1. The lowest BCUT2D eigenvalue weighted by atomic mass is 10.1. The molecule has 0 aliphatic carbocycles. The minimum Gasteiger partial charge on any atom is -0.493 e. The molecule has 1 N–H and O–H groups in total. The van der Waals surface area contributed by atoms with Crippen molar-refractivity contribution in [3.05, 3.63) is 69.2 Å². The number of hydrogen-bond donors (Lipinski definition) is 1. The molecule has 7 heteroatoms. The van der Waals surface area contributed by atoms with Crippen molar-refractivity contribution in [1.29, 1.82) is 0 Å². The molecule has 0 atom stereocenters. The van der Waals surface area contributed by atoms with Gasteiger partial charge in [-0.05, 0) is 58.2 Å². The third kappa shape index (κ3) is 5.09. The van der Waals surface area contributed by atoms with E-state index in [1.807, 2.05) is 6.92 Å². The zero-order valence-electron chi connectivity index (χ0n) is 14.4. The maximum absolute atomic E-state index is 12.1. The van der Waals surface area contributed by atoms with Crippen molar-refractivity contribution in [1.82, 2.24) is 5.43 Å². The molecular weight excluding hydrogens is 420 g/mol. The van der Waals surface area contributed by atoms with Crippen LogP contribution >= 0.6 is 27.5 Å². The topological polar surface area (TPSA) is 59.9 Å². The molecule has 0 aromatic heterocycles. The number of ether oxygens (including phenoxy) is 2. The number of carbonyl (C=O) groups excluding carboxylic acids is 1. The van der Waals surface area contributed by atoms with E-state index in [4.69, 9.17) is 21.1 Å². The van der Waals surface area contributed by atoms with Crippen LogP contribution in [0, 0.1) is 6.92 Å². The van der Waals surface area contributed by atoms with Crippen molar-refractivity contribution in [2.24, 2.45) is 5.10 Å². The zero-order valence-corrected chi connectivity index (χ0v) is 16.7. The fraction of sp³-hybridized carbons (Fsp3) is 0.158. The summed E-state index contributed by atoms with van der Waals surface area (Å²) in [5.41, 5.74) is 4.54. The minimum absolute atomic E-state index is 0.347. The van der Waals surface area contributed by atoms with Gasteiger partial charge in [0.25, 0.3) is 5.91 Å². The molecule has 26 heavy (non-hydrogen) atoms. The van der Waals surface area contributed by atoms with Crippen LogP contribution in [0.2, 0.25) is 5.02 Å². The van der Waals surface area contributed by atoms with E-state index in [0.717, 1.165) is 11.1 Å². The summed E-state index contributed by atoms with van der Waals surface area (Å²) in [6.07, 6.45) is 3.16. The Labute approximate surface area is 165 Å². The van der Waals surface area contributed by atoms with Crippen molar-refractivity contribution in [3.63, 3.8) is 0 Å². The highest BCUT2D eigenvalue weighted by Crippen LogP contribution is 2.36. The molecule has 0 aliphatic heterocycles. The minimum atomic E-state index is -0.347. The van der Waals surface area contributed by atoms with E-state index in [0.29, 0.717) is 33.2 Å². The van der Waals surface area contributed by atoms with Crippen molar-refractivity contribution >= 4 is 39.7 Å². The summed E-state index contributed by atoms with van der Waals surface area (Å²) in [5.74, 6) is 0.766. The van der Waals surface area contributed by atoms with Gasteiger partial charge in [-0.1, -0.05) is 30.3 Å². The Hall–Kier alpha value is -2.31. The standard InChI is InChI=1S/C19H18BrClN2O3/c1-4-7-26-18-15(20)8-13(9-17(18)25-3)11-22-23-19(24)14-6-5-12(2)16(21)10-14/h4-6,8-11H,1,7H2,2-3H3,(H,23,24)/b22-11-. The van der Waals surface area contributed by atoms with E-state index in [1.165, 1.54) is 6.21 Å². The van der Waals surface area contributed by atoms with E-state index in [2.05, 4.69) is 33.0 Å². The Morgan fingerprint density at radius 1 is 1.38 bits per heavy atom. The third-order valence-electron chi connectivity index (χ3n) is 3.41. The molecule has 0 unspecified atom stereocenters. The Bertz CT molecular complexity index is 853. The zero-order chi connectivity index (χ0) is 19.1. The molecule has 0 heterocycles. The molecule has 136 valence electrons. The number of benzene rings is 2. The Morgan fingerprint density at radius 2 is 2.15 bits per heavy atom. The van der Waals surface area contributed by atoms with Crippen LogP contribution in [0.1, 0.15) is 21.5 Å². The maximum atomic E-state index is 12.1. The number of methoxy groups -OCH3 is 1. The van der Waals surface area contributed by atoms with E-state index >= 15 is 0 Å². The van der Waals surface area contributed by atoms with Crippen LogP contribution in [0.25, 0.3) is 0 Å². The lowest BCUT2D eigenvalue weighted by Crippen LogP contribution is -2.17. The SMILES string of the molecule is C=CCOc1c(Br)cc(/C=N\NC(=O)c2ccc(C)c(Cl)c2)cc1OC. The highest BCUT2D eigenvalue weighted by molar-refractivity contribution is 9.10. The molecule has 2 rings (SSSR count). The summed E-state index contributed by atoms with van der Waals surface area (Å²) < 4.78 is 11.6. The van der Waals surface area contributed by atoms with Gasteiger partial charge in [0.05, 0.1) is 17.8 Å². The van der Waals surface area contributed by atoms with Gasteiger partial charge in [0.1, 0.15) is 6.61 Å². The van der Waals surface area contributed by atoms with Gasteiger partial charge < -0.3 is 9.47 Å². The summed E-state index contributed by atoms with van der Waals surface area (Å²) in [4.78, 5) is 12.1. The summed E-state index contributed by atoms with van der Waals surface area (Å²) >= 11 is 9.47. The monoisotopic (exact) mass is 436 g/mol. The summed E-state index contributed by atoms with van der Waals surface area (Å²) in [6.45, 7) is 5.85. The number of nitrogens with zero attached hydrogens (tertiary/aromatic N) is 1. The Kier molecular flexibility index (Phi) is 7.24. The summed E-state index contributed by atoms with van der Waals surface area (Å²) in [7, 11) is 1.55. The predicted molar refractivity (Wildman–Crippen MR) is 108 cm³/mol. The summed E-state index contributed by atoms with van der Waals surface area (Å²) in [5, 5.41) is 4.51. The van der Waals surface area contributed by atoms with Gasteiger partial charge in [0, 0.05) is 10.6 Å². The highest BCUT2D eigenvalue weighted by Gasteiger charge is 2.11. The quantitative estimate of drug-likeness (QED) is 0.386. The van der Waals surface area contributed by atoms with Gasteiger partial charge in [-0.2, -0.15) is 5.10 Å². The van der Waals surface area contributed by atoms with Crippen LogP contribution in [0.15, 0.2) is 52.6 Å². The number of nitrogens with one attached hydrogen (secondary N) is 1. The van der Waals surface area contributed by atoms with Crippen LogP contribution in [0.3, 0.4) is 0 Å². The van der Waals surface area contributed by atoms with Crippen LogP contribution in [-0.4, -0.2) is 25.8 Å². The molecule has 0 spiro atoms. The number of halogens is 2. The Balaban J connectivity index is 2.12. The average Bonchev–Trinajstić information content (AvgIpc) is 2.62. The molecule has 5 nitrogen and oxygen atoms in total. The first-order chi connectivity index (χ1) is 12.5. The van der Waals surface area contributed by atoms with Crippen molar-refractivity contribution in [2.45, 2.75) is 6.92 Å². The van der Waals surface area contributed by atoms with Gasteiger partial charge in [0.2, 0.25) is 0 Å². The van der Waals surface area contributed by atoms with Gasteiger partial charge in [-0.25, -0.2) is 5.43 Å². The van der Waals surface area contributed by atoms with E-state index < -0.39 is 0 Å². The first-order valence-electron chi connectivity index (χ1n) is 7.67. The van der Waals surface area contributed by atoms with Crippen LogP contribution in [0.4, 0.5) is 0 Å². The smallest absolute Gasteiger partial charge is 0.271 e. The number of rotatable bonds is 7. The normalized spacial score (nSPS) is 10.6. The van der Waals surface area contributed by atoms with Gasteiger partial charge in [0.15, 0.2) is 11.5 Å². The molecular formula is C19H18BrClN2O3. The first kappa shape index (κ1) is 20.0. The van der Waals surface area contributed by atoms with Gasteiger partial charge >= 0.3 is 0 Å². The second-order valence-electron chi connectivity index (χ2n) is 5.30. The lowest BCUT2D eigenvalue weighted by Gasteiger charge is -2.12. The number of hydrogen-bond acceptors (Lipinski definition) is 4.